The Hall–Kier alpha value is -5.02. The van der Waals surface area contributed by atoms with Crippen LogP contribution in [0.4, 0.5) is 24.5 Å². The molecule has 3 aromatic carbocycles. The molecule has 39 heavy (non-hydrogen) atoms. The summed E-state index contributed by atoms with van der Waals surface area (Å²) in [5.41, 5.74) is -0.159. The number of nitrogens with zero attached hydrogens (tertiary/aromatic N) is 1. The first-order valence-electron chi connectivity index (χ1n) is 11.7. The number of ether oxygens (including phenoxy) is 2. The molecule has 3 aromatic rings. The number of hydrogen-bond donors (Lipinski definition) is 1. The van der Waals surface area contributed by atoms with Crippen LogP contribution in [0.15, 0.2) is 79.4 Å². The largest absolute Gasteiger partial charge is 0.494 e. The van der Waals surface area contributed by atoms with Crippen LogP contribution in [-0.2, 0) is 15.7 Å². The van der Waals surface area contributed by atoms with Crippen molar-refractivity contribution in [3.63, 3.8) is 0 Å². The van der Waals surface area contributed by atoms with Crippen molar-refractivity contribution in [1.29, 1.82) is 0 Å². The average Bonchev–Trinajstić information content (AvgIpc) is 2.94. The fraction of sp³-hybridized carbons (Fsp3) is 0.167. The van der Waals surface area contributed by atoms with E-state index in [2.05, 4.69) is 28.6 Å². The molecule has 0 aliphatic rings. The van der Waals surface area contributed by atoms with Crippen LogP contribution < -0.4 is 10.1 Å². The molecule has 0 saturated carbocycles. The van der Waals surface area contributed by atoms with Crippen LogP contribution in [0.25, 0.3) is 4.85 Å². The number of halogens is 3. The van der Waals surface area contributed by atoms with Gasteiger partial charge in [0.2, 0.25) is 0 Å². The Labute approximate surface area is 223 Å². The molecule has 0 unspecified atom stereocenters. The molecule has 0 radical (unpaired) electrons. The van der Waals surface area contributed by atoms with Gasteiger partial charge in [-0.05, 0) is 55.3 Å². The third-order valence-electron chi connectivity index (χ3n) is 5.26. The fourth-order valence-electron chi connectivity index (χ4n) is 3.25. The second-order valence-corrected chi connectivity index (χ2v) is 8.07. The molecule has 0 aliphatic carbocycles. The van der Waals surface area contributed by atoms with Crippen LogP contribution in [0, 0.1) is 18.4 Å². The minimum absolute atomic E-state index is 0.120. The van der Waals surface area contributed by atoms with Crippen molar-refractivity contribution in [2.75, 3.05) is 18.5 Å². The predicted octanol–water partition coefficient (Wildman–Crippen LogP) is 6.80. The van der Waals surface area contributed by atoms with E-state index < -0.39 is 29.3 Å². The first-order chi connectivity index (χ1) is 18.7. The fourth-order valence-corrected chi connectivity index (χ4v) is 3.25. The van der Waals surface area contributed by atoms with Crippen LogP contribution in [0.1, 0.15) is 39.9 Å². The van der Waals surface area contributed by atoms with E-state index in [1.54, 1.807) is 36.4 Å². The van der Waals surface area contributed by atoms with Crippen molar-refractivity contribution in [2.24, 2.45) is 0 Å². The maximum atomic E-state index is 13.8. The molecule has 1 amide bonds. The molecule has 0 fully saturated rings. The number of esters is 1. The van der Waals surface area contributed by atoms with Crippen molar-refractivity contribution >= 4 is 23.3 Å². The van der Waals surface area contributed by atoms with Gasteiger partial charge in [-0.25, -0.2) is 9.64 Å². The molecule has 0 heterocycles. The summed E-state index contributed by atoms with van der Waals surface area (Å²) >= 11 is 0. The van der Waals surface area contributed by atoms with Gasteiger partial charge < -0.3 is 14.8 Å². The summed E-state index contributed by atoms with van der Waals surface area (Å²) < 4.78 is 51.7. The van der Waals surface area contributed by atoms with Gasteiger partial charge in [0, 0.05) is 22.8 Å². The zero-order valence-corrected chi connectivity index (χ0v) is 20.7. The summed E-state index contributed by atoms with van der Waals surface area (Å²) in [6, 6.07) is 15.8. The molecule has 1 N–H and O–H groups in total. The highest BCUT2D eigenvalue weighted by atomic mass is 19.4. The quantitative estimate of drug-likeness (QED) is 0.108. The Balaban J connectivity index is 1.63. The van der Waals surface area contributed by atoms with Gasteiger partial charge in [-0.1, -0.05) is 42.7 Å². The second kappa shape index (κ2) is 13.5. The van der Waals surface area contributed by atoms with E-state index in [0.717, 1.165) is 18.2 Å². The maximum absolute atomic E-state index is 13.8. The normalized spacial score (nSPS) is 10.4. The Morgan fingerprint density at radius 2 is 1.59 bits per heavy atom. The van der Waals surface area contributed by atoms with Gasteiger partial charge in [-0.15, -0.1) is 0 Å². The molecule has 0 saturated heterocycles. The summed E-state index contributed by atoms with van der Waals surface area (Å²) in [6.45, 7) is 10.9. The van der Waals surface area contributed by atoms with Crippen LogP contribution in [-0.4, -0.2) is 25.1 Å². The lowest BCUT2D eigenvalue weighted by Crippen LogP contribution is -2.17. The van der Waals surface area contributed by atoms with Crippen LogP contribution in [0.5, 0.6) is 5.75 Å². The Bertz CT molecular complexity index is 1430. The zero-order valence-electron chi connectivity index (χ0n) is 20.7. The van der Waals surface area contributed by atoms with E-state index in [0.29, 0.717) is 36.4 Å². The molecule has 0 atom stereocenters. The lowest BCUT2D eigenvalue weighted by molar-refractivity contribution is -0.138. The van der Waals surface area contributed by atoms with E-state index in [4.69, 9.17) is 16.0 Å². The van der Waals surface area contributed by atoms with Crippen molar-refractivity contribution < 1.29 is 32.2 Å². The van der Waals surface area contributed by atoms with Gasteiger partial charge in [0.1, 0.15) is 5.75 Å². The van der Waals surface area contributed by atoms with Crippen LogP contribution >= 0.6 is 0 Å². The van der Waals surface area contributed by atoms with E-state index in [-0.39, 0.29) is 17.7 Å². The number of amides is 1. The first kappa shape index (κ1) is 28.5. The molecule has 0 aromatic heterocycles. The van der Waals surface area contributed by atoms with Gasteiger partial charge in [0.25, 0.3) is 5.91 Å². The molecule has 3 rings (SSSR count). The summed E-state index contributed by atoms with van der Waals surface area (Å²) in [5, 5.41) is 2.32. The van der Waals surface area contributed by atoms with Crippen molar-refractivity contribution in [2.45, 2.75) is 19.0 Å². The molecular weight excluding hydrogens is 509 g/mol. The van der Waals surface area contributed by atoms with E-state index >= 15 is 0 Å². The number of nitrogens with one attached hydrogen (secondary N) is 1. The second-order valence-electron chi connectivity index (χ2n) is 8.07. The lowest BCUT2D eigenvalue weighted by Gasteiger charge is -2.14. The van der Waals surface area contributed by atoms with Gasteiger partial charge >= 0.3 is 12.1 Å². The number of carbonyl (C=O) groups is 2. The van der Waals surface area contributed by atoms with Gasteiger partial charge in [0.15, 0.2) is 5.69 Å². The highest BCUT2D eigenvalue weighted by molar-refractivity contribution is 6.04. The molecule has 0 spiro atoms. The number of carbonyl (C=O) groups excluding carboxylic acids is 2. The Morgan fingerprint density at radius 1 is 0.949 bits per heavy atom. The summed E-state index contributed by atoms with van der Waals surface area (Å²) in [6.07, 6.45) is -2.41. The number of unbranched alkanes of at least 4 members (excludes halogenated alkanes) is 1. The first-order valence-corrected chi connectivity index (χ1v) is 11.7. The van der Waals surface area contributed by atoms with E-state index in [9.17, 15) is 22.8 Å². The standard InChI is InChI=1S/C30H23F3N2O4/c1-3-28(36)39-19-5-4-18-38-25-15-11-23(12-16-25)29(37)35-27-17-10-22(20-26(27)30(31,32)33)7-6-21-8-13-24(34-2)14-9-21/h3,8-17,20H,1,4-5,18-19H2,(H,35,37). The Kier molecular flexibility index (Phi) is 9.88. The molecule has 0 bridgehead atoms. The van der Waals surface area contributed by atoms with Crippen LogP contribution in [0.3, 0.4) is 0 Å². The lowest BCUT2D eigenvalue weighted by atomic mass is 10.1. The topological polar surface area (TPSA) is 69.0 Å². The number of hydrogen-bond acceptors (Lipinski definition) is 4. The third-order valence-corrected chi connectivity index (χ3v) is 5.26. The molecule has 9 heteroatoms. The van der Waals surface area contributed by atoms with Gasteiger partial charge in [0.05, 0.1) is 31.0 Å². The van der Waals surface area contributed by atoms with Gasteiger partial charge in [-0.3, -0.25) is 4.79 Å². The predicted molar refractivity (Wildman–Crippen MR) is 140 cm³/mol. The van der Waals surface area contributed by atoms with Crippen LogP contribution in [0.2, 0.25) is 0 Å². The number of alkyl halides is 3. The highest BCUT2D eigenvalue weighted by Gasteiger charge is 2.34. The van der Waals surface area contributed by atoms with Crippen molar-refractivity contribution in [3.8, 4) is 17.6 Å². The van der Waals surface area contributed by atoms with E-state index in [1.165, 1.54) is 18.2 Å². The van der Waals surface area contributed by atoms with Crippen molar-refractivity contribution in [1.82, 2.24) is 0 Å². The number of anilines is 1. The minimum Gasteiger partial charge on any atom is -0.494 e. The smallest absolute Gasteiger partial charge is 0.418 e. The molecule has 6 nitrogen and oxygen atoms in total. The maximum Gasteiger partial charge on any atom is 0.418 e. The number of rotatable bonds is 9. The molecule has 0 aliphatic heterocycles. The minimum atomic E-state index is -4.72. The zero-order chi connectivity index (χ0) is 28.3. The average molecular weight is 533 g/mol. The SMILES string of the molecule is [C-]#[N+]c1ccc(C#Cc2ccc(NC(=O)c3ccc(OCCCCOC(=O)C=C)cc3)c(C(F)(F)F)c2)cc1. The molecular formula is C30H23F3N2O4. The summed E-state index contributed by atoms with van der Waals surface area (Å²) in [4.78, 5) is 26.9. The van der Waals surface area contributed by atoms with Crippen molar-refractivity contribution in [3.05, 3.63) is 113 Å². The Morgan fingerprint density at radius 3 is 2.23 bits per heavy atom. The molecule has 198 valence electrons. The highest BCUT2D eigenvalue weighted by Crippen LogP contribution is 2.35. The van der Waals surface area contributed by atoms with Gasteiger partial charge in [-0.2, -0.15) is 13.2 Å². The summed E-state index contributed by atoms with van der Waals surface area (Å²) in [7, 11) is 0. The monoisotopic (exact) mass is 532 g/mol. The number of benzene rings is 3. The van der Waals surface area contributed by atoms with E-state index in [1.807, 2.05) is 0 Å². The third kappa shape index (κ3) is 8.80. The summed E-state index contributed by atoms with van der Waals surface area (Å²) in [5.74, 6) is 4.74.